The average molecular weight is 358 g/mol. The van der Waals surface area contributed by atoms with Gasteiger partial charge in [-0.15, -0.1) is 10.2 Å². The summed E-state index contributed by atoms with van der Waals surface area (Å²) in [6.07, 6.45) is 3.36. The van der Waals surface area contributed by atoms with Gasteiger partial charge in [0.1, 0.15) is 12.1 Å². The highest BCUT2D eigenvalue weighted by atomic mass is 32.2. The first kappa shape index (κ1) is 17.5. The van der Waals surface area contributed by atoms with Crippen molar-refractivity contribution in [2.45, 2.75) is 45.4 Å². The molecule has 0 aliphatic carbocycles. The first-order valence-corrected chi connectivity index (χ1v) is 9.20. The summed E-state index contributed by atoms with van der Waals surface area (Å²) >= 11 is 1.43. The van der Waals surface area contributed by atoms with E-state index in [1.54, 1.807) is 12.6 Å². The summed E-state index contributed by atoms with van der Waals surface area (Å²) in [5.74, 6) is 1.32. The first-order valence-electron chi connectivity index (χ1n) is 8.22. The van der Waals surface area contributed by atoms with Crippen LogP contribution in [0.3, 0.4) is 0 Å². The Morgan fingerprint density at radius 3 is 2.84 bits per heavy atom. The quantitative estimate of drug-likeness (QED) is 0.473. The highest BCUT2D eigenvalue weighted by Gasteiger charge is 2.18. The van der Waals surface area contributed by atoms with Gasteiger partial charge in [0.25, 0.3) is 0 Å². The van der Waals surface area contributed by atoms with Crippen molar-refractivity contribution in [3.63, 3.8) is 0 Å². The molecule has 0 bridgehead atoms. The van der Waals surface area contributed by atoms with E-state index >= 15 is 0 Å². The van der Waals surface area contributed by atoms with Crippen LogP contribution in [-0.4, -0.2) is 30.9 Å². The summed E-state index contributed by atoms with van der Waals surface area (Å²) in [6.45, 7) is 8.75. The highest BCUT2D eigenvalue weighted by molar-refractivity contribution is 7.99. The summed E-state index contributed by atoms with van der Waals surface area (Å²) < 4.78 is 9.50. The monoisotopic (exact) mass is 358 g/mol. The Hall–Kier alpha value is -2.28. The third-order valence-corrected chi connectivity index (χ3v) is 5.15. The van der Waals surface area contributed by atoms with E-state index in [1.165, 1.54) is 11.8 Å². The SMILES string of the molecule is Cc1cc(C(=O)CSc2nncn2C(C)C)c(C)n1Cc1ccco1. The summed E-state index contributed by atoms with van der Waals surface area (Å²) in [7, 11) is 0. The first-order chi connectivity index (χ1) is 12.0. The highest BCUT2D eigenvalue weighted by Crippen LogP contribution is 2.23. The summed E-state index contributed by atoms with van der Waals surface area (Å²) in [6, 6.07) is 6.03. The minimum Gasteiger partial charge on any atom is -0.467 e. The van der Waals surface area contributed by atoms with E-state index in [2.05, 4.69) is 28.6 Å². The smallest absolute Gasteiger partial charge is 0.191 e. The van der Waals surface area contributed by atoms with Gasteiger partial charge in [-0.05, 0) is 45.9 Å². The number of Topliss-reactive ketones (excluding diaryl/α,β-unsaturated/α-hetero) is 1. The van der Waals surface area contributed by atoms with Crippen LogP contribution >= 0.6 is 11.8 Å². The van der Waals surface area contributed by atoms with E-state index in [9.17, 15) is 4.79 Å². The topological polar surface area (TPSA) is 65.8 Å². The van der Waals surface area contributed by atoms with Crippen LogP contribution in [0.15, 0.2) is 40.4 Å². The fraction of sp³-hybridized carbons (Fsp3) is 0.389. The lowest BCUT2D eigenvalue weighted by Crippen LogP contribution is -2.08. The number of ketones is 1. The van der Waals surface area contributed by atoms with Crippen LogP contribution in [-0.2, 0) is 6.54 Å². The molecular formula is C18H22N4O2S. The predicted molar refractivity (Wildman–Crippen MR) is 97.2 cm³/mol. The number of nitrogens with zero attached hydrogens (tertiary/aromatic N) is 4. The molecule has 3 aromatic heterocycles. The zero-order valence-corrected chi connectivity index (χ0v) is 15.7. The number of aromatic nitrogens is 4. The van der Waals surface area contributed by atoms with Crippen molar-refractivity contribution >= 4 is 17.5 Å². The van der Waals surface area contributed by atoms with Gasteiger partial charge in [-0.1, -0.05) is 11.8 Å². The number of rotatable bonds is 7. The number of carbonyl (C=O) groups excluding carboxylic acids is 1. The normalized spacial score (nSPS) is 11.4. The molecule has 3 aromatic rings. The molecule has 0 spiro atoms. The average Bonchev–Trinajstić information content (AvgIpc) is 3.29. The molecule has 0 fully saturated rings. The molecule has 0 atom stereocenters. The molecule has 3 heterocycles. The maximum atomic E-state index is 12.7. The van der Waals surface area contributed by atoms with Crippen LogP contribution in [0.4, 0.5) is 0 Å². The Balaban J connectivity index is 1.73. The zero-order valence-electron chi connectivity index (χ0n) is 14.9. The van der Waals surface area contributed by atoms with Gasteiger partial charge in [-0.3, -0.25) is 4.79 Å². The van der Waals surface area contributed by atoms with E-state index < -0.39 is 0 Å². The number of thioether (sulfide) groups is 1. The van der Waals surface area contributed by atoms with Crippen molar-refractivity contribution in [3.8, 4) is 0 Å². The second-order valence-electron chi connectivity index (χ2n) is 6.28. The van der Waals surface area contributed by atoms with E-state index in [-0.39, 0.29) is 11.8 Å². The maximum absolute atomic E-state index is 12.7. The molecule has 25 heavy (non-hydrogen) atoms. The molecule has 0 saturated heterocycles. The van der Waals surface area contributed by atoms with Crippen molar-refractivity contribution in [2.24, 2.45) is 0 Å². The number of furan rings is 1. The lowest BCUT2D eigenvalue weighted by molar-refractivity contribution is 0.102. The third kappa shape index (κ3) is 3.71. The molecule has 0 aliphatic rings. The van der Waals surface area contributed by atoms with Gasteiger partial charge in [0.2, 0.25) is 0 Å². The van der Waals surface area contributed by atoms with Crippen molar-refractivity contribution in [2.75, 3.05) is 5.75 Å². The summed E-state index contributed by atoms with van der Waals surface area (Å²) in [5.41, 5.74) is 2.77. The Morgan fingerprint density at radius 2 is 2.16 bits per heavy atom. The van der Waals surface area contributed by atoms with Gasteiger partial charge < -0.3 is 13.6 Å². The van der Waals surface area contributed by atoms with Crippen molar-refractivity contribution < 1.29 is 9.21 Å². The van der Waals surface area contributed by atoms with E-state index in [1.807, 2.05) is 36.6 Å². The molecule has 132 valence electrons. The van der Waals surface area contributed by atoms with Gasteiger partial charge in [0.15, 0.2) is 10.9 Å². The Kier molecular flexibility index (Phi) is 5.13. The molecule has 0 unspecified atom stereocenters. The van der Waals surface area contributed by atoms with Gasteiger partial charge >= 0.3 is 0 Å². The van der Waals surface area contributed by atoms with Crippen LogP contribution in [0.2, 0.25) is 0 Å². The lowest BCUT2D eigenvalue weighted by Gasteiger charge is -2.09. The van der Waals surface area contributed by atoms with Gasteiger partial charge in [0, 0.05) is 23.0 Å². The molecule has 7 heteroatoms. The molecule has 3 rings (SSSR count). The van der Waals surface area contributed by atoms with Crippen LogP contribution in [0.1, 0.15) is 47.4 Å². The summed E-state index contributed by atoms with van der Waals surface area (Å²) in [4.78, 5) is 12.7. The maximum Gasteiger partial charge on any atom is 0.191 e. The van der Waals surface area contributed by atoms with Crippen LogP contribution in [0, 0.1) is 13.8 Å². The number of aryl methyl sites for hydroxylation is 1. The Bertz CT molecular complexity index is 862. The van der Waals surface area contributed by atoms with E-state index in [0.29, 0.717) is 12.3 Å². The van der Waals surface area contributed by atoms with Gasteiger partial charge in [-0.2, -0.15) is 0 Å². The second kappa shape index (κ2) is 7.31. The minimum atomic E-state index is 0.0992. The fourth-order valence-electron chi connectivity index (χ4n) is 2.78. The molecule has 6 nitrogen and oxygen atoms in total. The molecule has 0 amide bonds. The molecule has 0 N–H and O–H groups in total. The fourth-order valence-corrected chi connectivity index (χ4v) is 3.71. The van der Waals surface area contributed by atoms with Gasteiger partial charge in [0.05, 0.1) is 18.6 Å². The second-order valence-corrected chi connectivity index (χ2v) is 7.22. The van der Waals surface area contributed by atoms with Crippen LogP contribution < -0.4 is 0 Å². The number of carbonyl (C=O) groups is 1. The summed E-state index contributed by atoms with van der Waals surface area (Å²) in [5, 5.41) is 8.81. The third-order valence-electron chi connectivity index (χ3n) is 4.20. The zero-order chi connectivity index (χ0) is 18.0. The molecule has 0 aromatic carbocycles. The lowest BCUT2D eigenvalue weighted by atomic mass is 10.2. The van der Waals surface area contributed by atoms with E-state index in [4.69, 9.17) is 4.42 Å². The molecular weight excluding hydrogens is 336 g/mol. The largest absolute Gasteiger partial charge is 0.467 e. The van der Waals surface area contributed by atoms with Crippen LogP contribution in [0.25, 0.3) is 0 Å². The van der Waals surface area contributed by atoms with Crippen molar-refractivity contribution in [1.29, 1.82) is 0 Å². The predicted octanol–water partition coefficient (Wildman–Crippen LogP) is 3.89. The standard InChI is InChI=1S/C18H22N4O2S/c1-12(2)22-11-19-20-18(22)25-10-17(23)16-8-13(3)21(14(16)4)9-15-6-5-7-24-15/h5-8,11-12H,9-10H2,1-4H3. The van der Waals surface area contributed by atoms with Gasteiger partial charge in [-0.25, -0.2) is 0 Å². The Labute approximate surface area is 151 Å². The number of hydrogen-bond donors (Lipinski definition) is 0. The van der Waals surface area contributed by atoms with E-state index in [0.717, 1.165) is 27.9 Å². The van der Waals surface area contributed by atoms with Crippen molar-refractivity contribution in [1.82, 2.24) is 19.3 Å². The minimum absolute atomic E-state index is 0.0992. The van der Waals surface area contributed by atoms with Crippen molar-refractivity contribution in [3.05, 3.63) is 53.5 Å². The molecule has 0 aliphatic heterocycles. The molecule has 0 saturated carbocycles. The molecule has 0 radical (unpaired) electrons. The van der Waals surface area contributed by atoms with Crippen LogP contribution in [0.5, 0.6) is 0 Å². The Morgan fingerprint density at radius 1 is 1.36 bits per heavy atom. The number of hydrogen-bond acceptors (Lipinski definition) is 5.